The summed E-state index contributed by atoms with van der Waals surface area (Å²) >= 11 is 6.03. The molecule has 2 heterocycles. The standard InChI is InChI=1S/C24H22ClN5O2/c1-16(23(31)27-21-9-10-30(14-21)15-26)11-17-5-7-19(8-6-17)24-28-22(29-32-24)13-18-3-2-4-20(25)12-18/h2-8,11-12,21H,9-10,13-14H2,1H3,(H,27,31)/b16-11+. The van der Waals surface area contributed by atoms with Crippen molar-refractivity contribution in [2.24, 2.45) is 0 Å². The predicted molar refractivity (Wildman–Crippen MR) is 121 cm³/mol. The summed E-state index contributed by atoms with van der Waals surface area (Å²) in [7, 11) is 0. The number of amides is 1. The van der Waals surface area contributed by atoms with Crippen LogP contribution in [0.25, 0.3) is 17.5 Å². The molecule has 7 nitrogen and oxygen atoms in total. The molecule has 1 aromatic heterocycles. The van der Waals surface area contributed by atoms with E-state index in [0.29, 0.717) is 41.8 Å². The molecular weight excluding hydrogens is 426 g/mol. The van der Waals surface area contributed by atoms with Crippen LogP contribution in [-0.4, -0.2) is 40.1 Å². The Kier molecular flexibility index (Phi) is 6.52. The van der Waals surface area contributed by atoms with E-state index < -0.39 is 0 Å². The highest BCUT2D eigenvalue weighted by Gasteiger charge is 2.23. The molecule has 1 amide bonds. The fourth-order valence-corrected chi connectivity index (χ4v) is 3.79. The van der Waals surface area contributed by atoms with Crippen molar-refractivity contribution in [1.82, 2.24) is 20.4 Å². The number of nitrogens with zero attached hydrogens (tertiary/aromatic N) is 4. The summed E-state index contributed by atoms with van der Waals surface area (Å²) < 4.78 is 5.40. The summed E-state index contributed by atoms with van der Waals surface area (Å²) in [6.07, 6.45) is 5.26. The van der Waals surface area contributed by atoms with Crippen LogP contribution in [0.4, 0.5) is 0 Å². The number of carbonyl (C=O) groups is 1. The topological polar surface area (TPSA) is 95.0 Å². The maximum Gasteiger partial charge on any atom is 0.257 e. The van der Waals surface area contributed by atoms with Gasteiger partial charge in [0.1, 0.15) is 0 Å². The number of benzene rings is 2. The van der Waals surface area contributed by atoms with Crippen LogP contribution >= 0.6 is 11.6 Å². The average molecular weight is 448 g/mol. The second kappa shape index (κ2) is 9.67. The quantitative estimate of drug-likeness (QED) is 0.452. The number of rotatable bonds is 6. The van der Waals surface area contributed by atoms with Crippen molar-refractivity contribution >= 4 is 23.6 Å². The van der Waals surface area contributed by atoms with E-state index in [2.05, 4.69) is 21.7 Å². The summed E-state index contributed by atoms with van der Waals surface area (Å²) in [6.45, 7) is 3.02. The van der Waals surface area contributed by atoms with Crippen LogP contribution in [0, 0.1) is 11.5 Å². The van der Waals surface area contributed by atoms with Crippen LogP contribution in [-0.2, 0) is 11.2 Å². The van der Waals surface area contributed by atoms with Gasteiger partial charge in [-0.3, -0.25) is 4.79 Å². The molecule has 0 radical (unpaired) electrons. The second-order valence-corrected chi connectivity index (χ2v) is 8.21. The molecule has 0 bridgehead atoms. The van der Waals surface area contributed by atoms with E-state index in [0.717, 1.165) is 23.1 Å². The fourth-order valence-electron chi connectivity index (χ4n) is 3.58. The smallest absolute Gasteiger partial charge is 0.257 e. The third kappa shape index (κ3) is 5.34. The van der Waals surface area contributed by atoms with E-state index in [9.17, 15) is 4.79 Å². The summed E-state index contributed by atoms with van der Waals surface area (Å²) in [4.78, 5) is 18.6. The van der Waals surface area contributed by atoms with Crippen LogP contribution in [0.5, 0.6) is 0 Å². The molecule has 4 rings (SSSR count). The lowest BCUT2D eigenvalue weighted by Crippen LogP contribution is -2.36. The third-order valence-corrected chi connectivity index (χ3v) is 5.52. The molecule has 0 aliphatic carbocycles. The Morgan fingerprint density at radius 1 is 1.34 bits per heavy atom. The van der Waals surface area contributed by atoms with Gasteiger partial charge in [-0.15, -0.1) is 0 Å². The monoisotopic (exact) mass is 447 g/mol. The number of hydrogen-bond donors (Lipinski definition) is 1. The van der Waals surface area contributed by atoms with E-state index in [1.807, 2.05) is 54.6 Å². The molecule has 32 heavy (non-hydrogen) atoms. The summed E-state index contributed by atoms with van der Waals surface area (Å²) in [5, 5.41) is 16.6. The number of carbonyl (C=O) groups excluding carboxylic acids is 1. The lowest BCUT2D eigenvalue weighted by molar-refractivity contribution is -0.117. The highest BCUT2D eigenvalue weighted by atomic mass is 35.5. The van der Waals surface area contributed by atoms with Gasteiger partial charge < -0.3 is 14.7 Å². The van der Waals surface area contributed by atoms with E-state index in [1.54, 1.807) is 11.8 Å². The average Bonchev–Trinajstić information content (AvgIpc) is 3.44. The molecule has 3 aromatic rings. The van der Waals surface area contributed by atoms with Gasteiger partial charge in [-0.05, 0) is 54.8 Å². The number of nitrogens with one attached hydrogen (secondary N) is 1. The first kappa shape index (κ1) is 21.6. The molecule has 1 aliphatic rings. The lowest BCUT2D eigenvalue weighted by Gasteiger charge is -2.12. The number of aromatic nitrogens is 2. The summed E-state index contributed by atoms with van der Waals surface area (Å²) in [5.74, 6) is 0.900. The molecule has 1 fully saturated rings. The van der Waals surface area contributed by atoms with Gasteiger partial charge in [0.2, 0.25) is 5.91 Å². The van der Waals surface area contributed by atoms with Gasteiger partial charge in [-0.25, -0.2) is 0 Å². The number of nitriles is 1. The van der Waals surface area contributed by atoms with Crippen molar-refractivity contribution in [3.05, 3.63) is 76.1 Å². The molecule has 0 saturated carbocycles. The molecule has 1 N–H and O–H groups in total. The Morgan fingerprint density at radius 3 is 2.88 bits per heavy atom. The zero-order chi connectivity index (χ0) is 22.5. The lowest BCUT2D eigenvalue weighted by atomic mass is 10.1. The Morgan fingerprint density at radius 2 is 2.16 bits per heavy atom. The van der Waals surface area contributed by atoms with Crippen molar-refractivity contribution in [2.45, 2.75) is 25.8 Å². The van der Waals surface area contributed by atoms with Gasteiger partial charge in [0.05, 0.1) is 0 Å². The van der Waals surface area contributed by atoms with Gasteiger partial charge >= 0.3 is 0 Å². The van der Waals surface area contributed by atoms with Gasteiger partial charge in [0.25, 0.3) is 5.89 Å². The van der Waals surface area contributed by atoms with Crippen LogP contribution in [0.1, 0.15) is 30.3 Å². The molecule has 1 saturated heterocycles. The first-order chi connectivity index (χ1) is 15.5. The van der Waals surface area contributed by atoms with Crippen LogP contribution in [0.3, 0.4) is 0 Å². The maximum absolute atomic E-state index is 12.4. The van der Waals surface area contributed by atoms with Gasteiger partial charge in [0.15, 0.2) is 12.0 Å². The van der Waals surface area contributed by atoms with Gasteiger partial charge in [-0.1, -0.05) is 41.0 Å². The molecule has 0 spiro atoms. The van der Waals surface area contributed by atoms with E-state index in [-0.39, 0.29) is 11.9 Å². The van der Waals surface area contributed by atoms with Crippen LogP contribution < -0.4 is 5.32 Å². The number of halogens is 1. The summed E-state index contributed by atoms with van der Waals surface area (Å²) in [6, 6.07) is 15.1. The van der Waals surface area contributed by atoms with Crippen molar-refractivity contribution < 1.29 is 9.32 Å². The highest BCUT2D eigenvalue weighted by Crippen LogP contribution is 2.21. The van der Waals surface area contributed by atoms with Gasteiger partial charge in [0, 0.05) is 41.7 Å². The molecule has 8 heteroatoms. The molecule has 1 unspecified atom stereocenters. The number of likely N-dealkylation sites (tertiary alicyclic amines) is 1. The normalized spacial score (nSPS) is 16.1. The van der Waals surface area contributed by atoms with Gasteiger partial charge in [-0.2, -0.15) is 10.2 Å². The fraction of sp³-hybridized carbons (Fsp3) is 0.250. The van der Waals surface area contributed by atoms with Crippen molar-refractivity contribution in [2.75, 3.05) is 13.1 Å². The molecular formula is C24H22ClN5O2. The highest BCUT2D eigenvalue weighted by molar-refractivity contribution is 6.30. The Labute approximate surface area is 191 Å². The predicted octanol–water partition coefficient (Wildman–Crippen LogP) is 4.06. The van der Waals surface area contributed by atoms with Crippen LogP contribution in [0.15, 0.2) is 58.6 Å². The molecule has 162 valence electrons. The first-order valence-corrected chi connectivity index (χ1v) is 10.7. The Balaban J connectivity index is 1.38. The van der Waals surface area contributed by atoms with Crippen LogP contribution in [0.2, 0.25) is 5.02 Å². The zero-order valence-corrected chi connectivity index (χ0v) is 18.3. The van der Waals surface area contributed by atoms with Crippen molar-refractivity contribution in [3.8, 4) is 17.6 Å². The Hall–Kier alpha value is -3.63. The molecule has 1 aliphatic heterocycles. The van der Waals surface area contributed by atoms with Crippen molar-refractivity contribution in [3.63, 3.8) is 0 Å². The minimum absolute atomic E-state index is 0.00603. The largest absolute Gasteiger partial charge is 0.348 e. The SMILES string of the molecule is C/C(=C\c1ccc(-c2nc(Cc3cccc(Cl)c3)no2)cc1)C(=O)NC1CCN(C#N)C1. The first-order valence-electron chi connectivity index (χ1n) is 10.3. The molecule has 2 aromatic carbocycles. The van der Waals surface area contributed by atoms with E-state index in [4.69, 9.17) is 21.4 Å². The van der Waals surface area contributed by atoms with E-state index >= 15 is 0 Å². The second-order valence-electron chi connectivity index (χ2n) is 7.78. The molecule has 1 atom stereocenters. The van der Waals surface area contributed by atoms with E-state index in [1.165, 1.54) is 0 Å². The maximum atomic E-state index is 12.4. The zero-order valence-electron chi connectivity index (χ0n) is 17.6. The number of hydrogen-bond acceptors (Lipinski definition) is 6. The summed E-state index contributed by atoms with van der Waals surface area (Å²) in [5.41, 5.74) is 3.31. The minimum Gasteiger partial charge on any atom is -0.348 e. The van der Waals surface area contributed by atoms with Crippen molar-refractivity contribution in [1.29, 1.82) is 5.26 Å². The Bertz CT molecular complexity index is 1180. The minimum atomic E-state index is -0.124. The third-order valence-electron chi connectivity index (χ3n) is 5.28.